The molecule has 1 aromatic heterocycles. The smallest absolute Gasteiger partial charge is 0.262 e. The van der Waals surface area contributed by atoms with Crippen LogP contribution in [-0.4, -0.2) is 126 Å². The fraction of sp³-hybridized carbons (Fsp3) is 0.471. The van der Waals surface area contributed by atoms with Crippen LogP contribution in [0.2, 0.25) is 0 Å². The van der Waals surface area contributed by atoms with Gasteiger partial charge < -0.3 is 24.6 Å². The number of carbonyl (C=O) groups excluding carboxylic acids is 6. The van der Waals surface area contributed by atoms with Crippen molar-refractivity contribution < 1.29 is 42.6 Å². The van der Waals surface area contributed by atoms with Crippen molar-refractivity contribution in [3.05, 3.63) is 95.4 Å². The number of nitrogens with one attached hydrogen (secondary N) is 2. The molecule has 3 aromatic carbocycles. The van der Waals surface area contributed by atoms with Gasteiger partial charge in [0.15, 0.2) is 0 Å². The number of hydrogen-bond donors (Lipinski definition) is 2. The van der Waals surface area contributed by atoms with E-state index in [9.17, 15) is 33.2 Å². The van der Waals surface area contributed by atoms with Gasteiger partial charge in [0.1, 0.15) is 23.7 Å². The van der Waals surface area contributed by atoms with Crippen LogP contribution in [0.3, 0.4) is 0 Å². The fourth-order valence-electron chi connectivity index (χ4n) is 10.4. The molecule has 16 heteroatoms. The third kappa shape index (κ3) is 10.3. The topological polar surface area (TPSA) is 171 Å². The second-order valence-corrected chi connectivity index (χ2v) is 18.5. The summed E-state index contributed by atoms with van der Waals surface area (Å²) in [6.07, 6.45) is 7.52. The Morgan fingerprint density at radius 3 is 2.31 bits per heavy atom. The molecule has 1 aliphatic carbocycles. The highest BCUT2D eigenvalue weighted by molar-refractivity contribution is 6.23. The van der Waals surface area contributed by atoms with Crippen molar-refractivity contribution in [2.24, 2.45) is 11.8 Å². The van der Waals surface area contributed by atoms with Crippen molar-refractivity contribution in [1.29, 1.82) is 0 Å². The second kappa shape index (κ2) is 20.3. The van der Waals surface area contributed by atoms with Gasteiger partial charge in [-0.2, -0.15) is 0 Å². The first-order chi connectivity index (χ1) is 32.5. The quantitative estimate of drug-likeness (QED) is 0.114. The molecule has 5 heterocycles. The van der Waals surface area contributed by atoms with Gasteiger partial charge in [0.2, 0.25) is 23.6 Å². The van der Waals surface area contributed by atoms with Crippen molar-refractivity contribution >= 4 is 57.7 Å². The molecule has 0 spiro atoms. The van der Waals surface area contributed by atoms with Gasteiger partial charge in [-0.25, -0.2) is 4.39 Å². The Kier molecular flexibility index (Phi) is 13.9. The summed E-state index contributed by atoms with van der Waals surface area (Å²) in [6, 6.07) is 18.5. The van der Waals surface area contributed by atoms with E-state index < -0.39 is 29.7 Å². The summed E-state index contributed by atoms with van der Waals surface area (Å²) in [7, 11) is 0. The predicted octanol–water partition coefficient (Wildman–Crippen LogP) is 5.92. The van der Waals surface area contributed by atoms with Crippen LogP contribution in [0.1, 0.15) is 96.9 Å². The number of carbonyl (C=O) groups is 6. The maximum atomic E-state index is 14.1. The predicted molar refractivity (Wildman–Crippen MR) is 248 cm³/mol. The molecule has 2 N–H and O–H groups in total. The Morgan fingerprint density at radius 2 is 1.57 bits per heavy atom. The van der Waals surface area contributed by atoms with Crippen LogP contribution in [0.15, 0.2) is 72.9 Å². The number of ether oxygens (including phenoxy) is 2. The number of fused-ring (bicyclic) bond motifs is 2. The summed E-state index contributed by atoms with van der Waals surface area (Å²) in [6.45, 7) is 7.84. The average molecular weight is 916 g/mol. The molecule has 0 bridgehead atoms. The van der Waals surface area contributed by atoms with Crippen LogP contribution in [0.5, 0.6) is 5.75 Å². The number of imide groups is 2. The van der Waals surface area contributed by atoms with Gasteiger partial charge in [-0.05, 0) is 116 Å². The molecule has 67 heavy (non-hydrogen) atoms. The van der Waals surface area contributed by atoms with Crippen molar-refractivity contribution in [1.82, 2.24) is 25.0 Å². The number of piperazine rings is 1. The SMILES string of the molecule is C[C@@H](C(=O)Nc1ccc(OC2CCN(C(=O)CCOCCN3CCN(c4ccc5c(c4)C(=O)N(C4CCC(=O)NC4=O)C5=O)CC3)CC2)cc1)C1CCC(c2ccnc3ccc(F)cc23)CC1. The molecule has 4 aromatic rings. The van der Waals surface area contributed by atoms with E-state index in [1.807, 2.05) is 48.2 Å². The number of aromatic nitrogens is 1. The van der Waals surface area contributed by atoms with Gasteiger partial charge in [-0.3, -0.25) is 48.9 Å². The zero-order valence-electron chi connectivity index (χ0n) is 37.9. The molecule has 3 saturated heterocycles. The highest BCUT2D eigenvalue weighted by Gasteiger charge is 2.45. The largest absolute Gasteiger partial charge is 0.490 e. The number of halogens is 1. The van der Waals surface area contributed by atoms with E-state index in [-0.39, 0.29) is 59.5 Å². The van der Waals surface area contributed by atoms with Crippen LogP contribution in [0.25, 0.3) is 10.9 Å². The van der Waals surface area contributed by atoms with Gasteiger partial charge in [-0.1, -0.05) is 6.92 Å². The lowest BCUT2D eigenvalue weighted by Gasteiger charge is -2.36. The first kappa shape index (κ1) is 45.9. The number of anilines is 2. The third-order valence-corrected chi connectivity index (χ3v) is 14.5. The molecule has 5 aliphatic rings. The van der Waals surface area contributed by atoms with E-state index in [0.717, 1.165) is 110 Å². The molecule has 6 amide bonds. The Labute approximate surface area is 389 Å². The minimum Gasteiger partial charge on any atom is -0.490 e. The van der Waals surface area contributed by atoms with E-state index in [2.05, 4.69) is 25.4 Å². The van der Waals surface area contributed by atoms with E-state index in [1.54, 1.807) is 30.5 Å². The number of pyridine rings is 1. The molecule has 9 rings (SSSR count). The van der Waals surface area contributed by atoms with Gasteiger partial charge in [-0.15, -0.1) is 0 Å². The molecule has 4 fully saturated rings. The van der Waals surface area contributed by atoms with Crippen molar-refractivity contribution in [3.8, 4) is 5.75 Å². The zero-order valence-corrected chi connectivity index (χ0v) is 37.9. The van der Waals surface area contributed by atoms with E-state index >= 15 is 0 Å². The average Bonchev–Trinajstić information content (AvgIpc) is 3.59. The van der Waals surface area contributed by atoms with E-state index in [4.69, 9.17) is 9.47 Å². The van der Waals surface area contributed by atoms with Crippen LogP contribution in [-0.2, 0) is 23.9 Å². The lowest BCUT2D eigenvalue weighted by molar-refractivity contribution is -0.136. The van der Waals surface area contributed by atoms with Gasteiger partial charge in [0.25, 0.3) is 11.8 Å². The summed E-state index contributed by atoms with van der Waals surface area (Å²) in [5, 5.41) is 6.20. The van der Waals surface area contributed by atoms with E-state index in [0.29, 0.717) is 38.6 Å². The maximum Gasteiger partial charge on any atom is 0.262 e. The van der Waals surface area contributed by atoms with Crippen LogP contribution in [0.4, 0.5) is 15.8 Å². The molecule has 4 aliphatic heterocycles. The Hall–Kier alpha value is -6.26. The molecule has 2 atom stereocenters. The lowest BCUT2D eigenvalue weighted by Crippen LogP contribution is -2.54. The van der Waals surface area contributed by atoms with Crippen LogP contribution < -0.4 is 20.3 Å². The number of amides is 6. The molecule has 15 nitrogen and oxygen atoms in total. The summed E-state index contributed by atoms with van der Waals surface area (Å²) >= 11 is 0. The van der Waals surface area contributed by atoms with Crippen molar-refractivity contribution in [3.63, 3.8) is 0 Å². The molecule has 352 valence electrons. The number of likely N-dealkylation sites (tertiary alicyclic amines) is 1. The van der Waals surface area contributed by atoms with Crippen LogP contribution >= 0.6 is 0 Å². The lowest BCUT2D eigenvalue weighted by atomic mass is 9.73. The fourth-order valence-corrected chi connectivity index (χ4v) is 10.4. The minimum absolute atomic E-state index is 0.00449. The monoisotopic (exact) mass is 915 g/mol. The summed E-state index contributed by atoms with van der Waals surface area (Å²) in [4.78, 5) is 88.4. The van der Waals surface area contributed by atoms with Crippen LogP contribution in [0, 0.1) is 17.7 Å². The zero-order chi connectivity index (χ0) is 46.6. The highest BCUT2D eigenvalue weighted by Crippen LogP contribution is 2.41. The maximum absolute atomic E-state index is 14.1. The third-order valence-electron chi connectivity index (χ3n) is 14.5. The van der Waals surface area contributed by atoms with Gasteiger partial charge in [0.05, 0.1) is 36.3 Å². The Balaban J connectivity index is 0.633. The summed E-state index contributed by atoms with van der Waals surface area (Å²) in [5.41, 5.74) is 4.05. The molecule has 1 saturated carbocycles. The highest BCUT2D eigenvalue weighted by atomic mass is 19.1. The minimum atomic E-state index is -0.992. The Morgan fingerprint density at radius 1 is 0.821 bits per heavy atom. The first-order valence-corrected chi connectivity index (χ1v) is 23.8. The van der Waals surface area contributed by atoms with E-state index in [1.165, 1.54) is 6.07 Å². The molecule has 0 radical (unpaired) electrons. The number of nitrogens with zero attached hydrogens (tertiary/aromatic N) is 5. The van der Waals surface area contributed by atoms with Crippen molar-refractivity contribution in [2.75, 3.05) is 69.2 Å². The standard InChI is InChI=1S/C51H58FN7O8/c1-32(33-2-4-34(5-3-33)40-16-20-53-44-13-6-35(52)30-42(40)44)48(62)54-36-7-10-38(11-8-36)67-39-17-21-58(22-18-39)47(61)19-28-66-29-27-56-23-25-57(26-24-56)37-9-12-41-43(31-37)51(65)59(50(41)64)45-14-15-46(60)55-49(45)63/h6-13,16,20,30-34,39,45H,2-5,14-15,17-19,21-29H2,1H3,(H,54,62)(H,55,60,63)/t32-,33?,34?,45?/m1/s1. The first-order valence-electron chi connectivity index (χ1n) is 23.8. The summed E-state index contributed by atoms with van der Waals surface area (Å²) in [5.74, 6) is -1.05. The number of piperidine rings is 2. The van der Waals surface area contributed by atoms with Gasteiger partial charge in [0, 0.05) is 94.0 Å². The van der Waals surface area contributed by atoms with Gasteiger partial charge >= 0.3 is 0 Å². The van der Waals surface area contributed by atoms with Crippen molar-refractivity contribution in [2.45, 2.75) is 82.8 Å². The number of benzene rings is 3. The summed E-state index contributed by atoms with van der Waals surface area (Å²) < 4.78 is 26.2. The number of hydrogen-bond acceptors (Lipinski definition) is 11. The molecule has 1 unspecified atom stereocenters. The second-order valence-electron chi connectivity index (χ2n) is 18.5. The molecular formula is C51H58FN7O8. The Bertz CT molecular complexity index is 2510. The normalized spacial score (nSPS) is 22.2. The number of rotatable bonds is 14. The molecular weight excluding hydrogens is 858 g/mol.